The number of imide groups is 1. The molecule has 0 saturated carbocycles. The van der Waals surface area contributed by atoms with E-state index in [4.69, 9.17) is 0 Å². The van der Waals surface area contributed by atoms with Crippen LogP contribution >= 0.6 is 0 Å². The van der Waals surface area contributed by atoms with Gasteiger partial charge in [0.1, 0.15) is 5.82 Å². The Bertz CT molecular complexity index is 753. The first kappa shape index (κ1) is 20.3. The fraction of sp³-hybridized carbons (Fsp3) is 0.571. The van der Waals surface area contributed by atoms with Crippen LogP contribution in [0.1, 0.15) is 45.1 Å². The average molecular weight is 389 g/mol. The summed E-state index contributed by atoms with van der Waals surface area (Å²) in [6.07, 6.45) is 0.867. The number of halogens is 1. The number of piperidine rings is 1. The molecule has 2 heterocycles. The van der Waals surface area contributed by atoms with Gasteiger partial charge in [0.25, 0.3) is 0 Å². The third-order valence-electron chi connectivity index (χ3n) is 6.22. The third-order valence-corrected chi connectivity index (χ3v) is 6.22. The zero-order chi connectivity index (χ0) is 20.5. The number of carbonyl (C=O) groups is 3. The molecule has 1 unspecified atom stereocenters. The Morgan fingerprint density at radius 2 is 1.68 bits per heavy atom. The zero-order valence-electron chi connectivity index (χ0n) is 16.8. The molecule has 0 radical (unpaired) electrons. The van der Waals surface area contributed by atoms with Gasteiger partial charge in [0, 0.05) is 32.7 Å². The summed E-state index contributed by atoms with van der Waals surface area (Å²) < 4.78 is 13.4. The zero-order valence-corrected chi connectivity index (χ0v) is 16.8. The van der Waals surface area contributed by atoms with Crippen LogP contribution in [0.15, 0.2) is 24.3 Å². The van der Waals surface area contributed by atoms with E-state index in [-0.39, 0.29) is 23.7 Å². The molecule has 28 heavy (non-hydrogen) atoms. The van der Waals surface area contributed by atoms with Crippen LogP contribution in [0.3, 0.4) is 0 Å². The van der Waals surface area contributed by atoms with E-state index in [9.17, 15) is 18.8 Å². The van der Waals surface area contributed by atoms with Crippen LogP contribution in [0, 0.1) is 11.2 Å². The van der Waals surface area contributed by atoms with E-state index in [2.05, 4.69) is 0 Å². The van der Waals surface area contributed by atoms with Crippen LogP contribution < -0.4 is 0 Å². The van der Waals surface area contributed by atoms with Crippen LogP contribution in [0.25, 0.3) is 0 Å². The first-order valence-corrected chi connectivity index (χ1v) is 10.0. The van der Waals surface area contributed by atoms with E-state index in [1.165, 1.54) is 17.0 Å². The minimum atomic E-state index is -0.856. The van der Waals surface area contributed by atoms with Crippen molar-refractivity contribution in [3.63, 3.8) is 0 Å². The highest BCUT2D eigenvalue weighted by molar-refractivity contribution is 6.10. The van der Waals surface area contributed by atoms with Gasteiger partial charge in [0.2, 0.25) is 11.8 Å². The second kappa shape index (κ2) is 7.89. The van der Waals surface area contributed by atoms with Crippen molar-refractivity contribution in [2.75, 3.05) is 32.7 Å². The molecule has 1 atom stereocenters. The highest BCUT2D eigenvalue weighted by Crippen LogP contribution is 2.51. The van der Waals surface area contributed by atoms with Crippen LogP contribution in [0.5, 0.6) is 0 Å². The molecule has 7 heteroatoms. The number of hydrogen-bond donors (Lipinski definition) is 0. The second-order valence-electron chi connectivity index (χ2n) is 7.47. The fourth-order valence-electron chi connectivity index (χ4n) is 4.59. The summed E-state index contributed by atoms with van der Waals surface area (Å²) in [7, 11) is 0. The number of nitrogens with zero attached hydrogens (tertiary/aromatic N) is 3. The molecule has 6 nitrogen and oxygen atoms in total. The van der Waals surface area contributed by atoms with Crippen LogP contribution in [0.2, 0.25) is 0 Å². The molecule has 2 aliphatic rings. The normalized spacial score (nSPS) is 21.5. The van der Waals surface area contributed by atoms with E-state index in [0.29, 0.717) is 51.1 Å². The maximum Gasteiger partial charge on any atom is 0.319 e. The number of carbonyl (C=O) groups excluding carboxylic acids is 3. The maximum absolute atomic E-state index is 13.4. The molecule has 2 fully saturated rings. The van der Waals surface area contributed by atoms with Crippen molar-refractivity contribution in [1.29, 1.82) is 0 Å². The Hall–Kier alpha value is -2.44. The number of benzene rings is 1. The first-order chi connectivity index (χ1) is 13.4. The van der Waals surface area contributed by atoms with Crippen molar-refractivity contribution in [3.05, 3.63) is 35.6 Å². The lowest BCUT2D eigenvalue weighted by molar-refractivity contribution is -0.142. The predicted octanol–water partition coefficient (Wildman–Crippen LogP) is 2.84. The van der Waals surface area contributed by atoms with Gasteiger partial charge in [-0.15, -0.1) is 0 Å². The highest BCUT2D eigenvalue weighted by Gasteiger charge is 2.60. The summed E-state index contributed by atoms with van der Waals surface area (Å²) in [5.74, 6) is -1.38. The summed E-state index contributed by atoms with van der Waals surface area (Å²) in [5, 5.41) is 0. The Kier molecular flexibility index (Phi) is 5.72. The Morgan fingerprint density at radius 1 is 1.11 bits per heavy atom. The Morgan fingerprint density at radius 3 is 2.18 bits per heavy atom. The van der Waals surface area contributed by atoms with Gasteiger partial charge in [-0.1, -0.05) is 12.1 Å². The molecule has 152 valence electrons. The molecule has 0 N–H and O–H groups in total. The predicted molar refractivity (Wildman–Crippen MR) is 103 cm³/mol. The van der Waals surface area contributed by atoms with Gasteiger partial charge in [-0.2, -0.15) is 0 Å². The van der Waals surface area contributed by atoms with Crippen molar-refractivity contribution >= 4 is 17.8 Å². The number of rotatable bonds is 4. The van der Waals surface area contributed by atoms with Crippen molar-refractivity contribution in [2.24, 2.45) is 5.41 Å². The second-order valence-corrected chi connectivity index (χ2v) is 7.47. The number of amides is 4. The Labute approximate surface area is 165 Å². The molecule has 2 aliphatic heterocycles. The maximum atomic E-state index is 13.4. The molecule has 2 saturated heterocycles. The topological polar surface area (TPSA) is 60.9 Å². The minimum absolute atomic E-state index is 0.0256. The van der Waals surface area contributed by atoms with Crippen LogP contribution in [-0.4, -0.2) is 65.3 Å². The van der Waals surface area contributed by atoms with Crippen molar-refractivity contribution in [1.82, 2.24) is 14.7 Å². The van der Waals surface area contributed by atoms with E-state index in [1.54, 1.807) is 28.9 Å². The molecular weight excluding hydrogens is 361 g/mol. The van der Waals surface area contributed by atoms with E-state index in [0.717, 1.165) is 0 Å². The summed E-state index contributed by atoms with van der Waals surface area (Å²) in [6, 6.07) is 5.82. The fourth-order valence-corrected chi connectivity index (χ4v) is 4.59. The largest absolute Gasteiger partial charge is 0.325 e. The number of hydrogen-bond acceptors (Lipinski definition) is 3. The lowest BCUT2D eigenvalue weighted by Gasteiger charge is -2.41. The first-order valence-electron chi connectivity index (χ1n) is 10.0. The molecule has 0 bridgehead atoms. The van der Waals surface area contributed by atoms with Crippen molar-refractivity contribution in [3.8, 4) is 0 Å². The van der Waals surface area contributed by atoms with Gasteiger partial charge in [-0.25, -0.2) is 9.18 Å². The molecule has 4 amide bonds. The Balaban J connectivity index is 1.89. The van der Waals surface area contributed by atoms with Crippen molar-refractivity contribution < 1.29 is 18.8 Å². The summed E-state index contributed by atoms with van der Waals surface area (Å²) in [4.78, 5) is 43.8. The van der Waals surface area contributed by atoms with Gasteiger partial charge in [-0.05, 0) is 51.3 Å². The molecule has 0 aromatic heterocycles. The highest BCUT2D eigenvalue weighted by atomic mass is 19.1. The average Bonchev–Trinajstić information content (AvgIpc) is 2.90. The number of likely N-dealkylation sites (tertiary alicyclic amines) is 2. The molecule has 3 rings (SSSR count). The quantitative estimate of drug-likeness (QED) is 0.744. The minimum Gasteiger partial charge on any atom is -0.325 e. The SMILES string of the molecule is CCN(CC)C(=O)N1CCC2(CC1)C(=O)N(CC)C(=O)C2c1ccc(F)cc1. The summed E-state index contributed by atoms with van der Waals surface area (Å²) in [6.45, 7) is 8.12. The molecule has 1 aromatic carbocycles. The standard InChI is InChI=1S/C21H28FN3O3/c1-4-23(5-2)20(28)24-13-11-21(12-14-24)17(15-7-9-16(22)10-8-15)18(26)25(6-3)19(21)27/h7-10,17H,4-6,11-14H2,1-3H3. The van der Waals surface area contributed by atoms with E-state index < -0.39 is 11.3 Å². The van der Waals surface area contributed by atoms with Gasteiger partial charge >= 0.3 is 6.03 Å². The molecule has 0 aliphatic carbocycles. The van der Waals surface area contributed by atoms with Gasteiger partial charge in [0.15, 0.2) is 0 Å². The smallest absolute Gasteiger partial charge is 0.319 e. The molecule has 1 spiro atoms. The van der Waals surface area contributed by atoms with Gasteiger partial charge in [0.05, 0.1) is 11.3 Å². The van der Waals surface area contributed by atoms with Crippen LogP contribution in [0.4, 0.5) is 9.18 Å². The monoisotopic (exact) mass is 389 g/mol. The number of likely N-dealkylation sites (N-methyl/N-ethyl adjacent to an activating group) is 1. The van der Waals surface area contributed by atoms with Crippen molar-refractivity contribution in [2.45, 2.75) is 39.5 Å². The summed E-state index contributed by atoms with van der Waals surface area (Å²) >= 11 is 0. The van der Waals surface area contributed by atoms with E-state index >= 15 is 0 Å². The van der Waals surface area contributed by atoms with Crippen LogP contribution in [-0.2, 0) is 9.59 Å². The third kappa shape index (κ3) is 3.16. The lowest BCUT2D eigenvalue weighted by Crippen LogP contribution is -2.51. The lowest BCUT2D eigenvalue weighted by atomic mass is 9.67. The molecule has 1 aromatic rings. The summed E-state index contributed by atoms with van der Waals surface area (Å²) in [5.41, 5.74) is -0.190. The molecular formula is C21H28FN3O3. The van der Waals surface area contributed by atoms with Gasteiger partial charge in [-0.3, -0.25) is 14.5 Å². The van der Waals surface area contributed by atoms with E-state index in [1.807, 2.05) is 13.8 Å². The van der Waals surface area contributed by atoms with Gasteiger partial charge < -0.3 is 9.80 Å². The number of urea groups is 1.